The van der Waals surface area contributed by atoms with Gasteiger partial charge in [-0.05, 0) is 36.3 Å². The van der Waals surface area contributed by atoms with E-state index in [1.165, 1.54) is 5.56 Å². The molecule has 0 saturated carbocycles. The molecule has 108 valence electrons. The van der Waals surface area contributed by atoms with E-state index in [-0.39, 0.29) is 18.1 Å². The maximum atomic E-state index is 8.84. The first kappa shape index (κ1) is 16.0. The Morgan fingerprint density at radius 3 is 2.47 bits per heavy atom. The fourth-order valence-electron chi connectivity index (χ4n) is 2.12. The van der Waals surface area contributed by atoms with Gasteiger partial charge in [-0.15, -0.1) is 0 Å². The third-order valence-electron chi connectivity index (χ3n) is 3.42. The molecule has 0 amide bonds. The van der Waals surface area contributed by atoms with Gasteiger partial charge in [-0.25, -0.2) is 0 Å². The summed E-state index contributed by atoms with van der Waals surface area (Å²) in [5.41, 5.74) is 8.69. The van der Waals surface area contributed by atoms with E-state index < -0.39 is 0 Å². The highest BCUT2D eigenvalue weighted by Crippen LogP contribution is 2.32. The van der Waals surface area contributed by atoms with Crippen LogP contribution in [0.1, 0.15) is 57.2 Å². The third kappa shape index (κ3) is 4.51. The van der Waals surface area contributed by atoms with E-state index in [0.717, 1.165) is 30.6 Å². The summed E-state index contributed by atoms with van der Waals surface area (Å²) in [7, 11) is 1.68. The molecule has 3 heteroatoms. The molecule has 1 unspecified atom stereocenters. The zero-order valence-corrected chi connectivity index (χ0v) is 12.6. The number of unbranched alkanes of at least 4 members (excludes halogenated alkanes) is 1. The lowest BCUT2D eigenvalue weighted by Crippen LogP contribution is -2.16. The maximum absolute atomic E-state index is 8.84. The van der Waals surface area contributed by atoms with Crippen molar-refractivity contribution in [3.63, 3.8) is 0 Å². The van der Waals surface area contributed by atoms with Crippen molar-refractivity contribution in [1.82, 2.24) is 0 Å². The van der Waals surface area contributed by atoms with E-state index in [1.54, 1.807) is 7.11 Å². The number of hydrogen-bond donors (Lipinski definition) is 2. The Hall–Kier alpha value is -1.06. The second kappa shape index (κ2) is 6.92. The Morgan fingerprint density at radius 2 is 1.95 bits per heavy atom. The van der Waals surface area contributed by atoms with E-state index in [1.807, 2.05) is 6.07 Å². The first-order valence-corrected chi connectivity index (χ1v) is 6.95. The van der Waals surface area contributed by atoms with Crippen LogP contribution in [0.25, 0.3) is 0 Å². The highest BCUT2D eigenvalue weighted by Gasteiger charge is 2.18. The predicted molar refractivity (Wildman–Crippen MR) is 79.6 cm³/mol. The summed E-state index contributed by atoms with van der Waals surface area (Å²) >= 11 is 0. The lowest BCUT2D eigenvalue weighted by atomic mass is 9.85. The van der Waals surface area contributed by atoms with Crippen LogP contribution in [0.2, 0.25) is 0 Å². The zero-order chi connectivity index (χ0) is 14.5. The van der Waals surface area contributed by atoms with Crippen LogP contribution in [-0.2, 0) is 5.41 Å². The van der Waals surface area contributed by atoms with Crippen LogP contribution in [0, 0.1) is 0 Å². The highest BCUT2D eigenvalue weighted by molar-refractivity contribution is 5.41. The topological polar surface area (TPSA) is 55.5 Å². The maximum Gasteiger partial charge on any atom is 0.123 e. The molecule has 0 bridgehead atoms. The van der Waals surface area contributed by atoms with Gasteiger partial charge in [0.25, 0.3) is 0 Å². The Labute approximate surface area is 116 Å². The summed E-state index contributed by atoms with van der Waals surface area (Å²) in [4.78, 5) is 0. The van der Waals surface area contributed by atoms with Gasteiger partial charge in [0, 0.05) is 18.2 Å². The molecule has 1 atom stereocenters. The fourth-order valence-corrected chi connectivity index (χ4v) is 2.12. The number of benzene rings is 1. The summed E-state index contributed by atoms with van der Waals surface area (Å²) in [6, 6.07) is 6.22. The van der Waals surface area contributed by atoms with Gasteiger partial charge in [-0.1, -0.05) is 32.9 Å². The molecule has 19 heavy (non-hydrogen) atoms. The molecule has 0 aliphatic heterocycles. The fraction of sp³-hybridized carbons (Fsp3) is 0.625. The minimum absolute atomic E-state index is 0.0381. The van der Waals surface area contributed by atoms with Crippen molar-refractivity contribution in [3.05, 3.63) is 29.3 Å². The molecular formula is C16H27NO2. The number of hydrogen-bond acceptors (Lipinski definition) is 3. The first-order valence-electron chi connectivity index (χ1n) is 6.95. The molecule has 0 aliphatic rings. The van der Waals surface area contributed by atoms with Crippen molar-refractivity contribution in [2.45, 2.75) is 51.5 Å². The molecule has 1 aromatic carbocycles. The van der Waals surface area contributed by atoms with Crippen LogP contribution in [-0.4, -0.2) is 18.8 Å². The van der Waals surface area contributed by atoms with Gasteiger partial charge in [0.15, 0.2) is 0 Å². The van der Waals surface area contributed by atoms with Gasteiger partial charge in [0.05, 0.1) is 7.11 Å². The van der Waals surface area contributed by atoms with Crippen LogP contribution < -0.4 is 10.5 Å². The van der Waals surface area contributed by atoms with Crippen LogP contribution >= 0.6 is 0 Å². The molecule has 0 radical (unpaired) electrons. The molecule has 0 aliphatic carbocycles. The predicted octanol–water partition coefficient (Wildman–Crippen LogP) is 3.16. The molecule has 0 saturated heterocycles. The average molecular weight is 265 g/mol. The Kier molecular flexibility index (Phi) is 5.83. The minimum atomic E-state index is -0.0381. The number of aliphatic hydroxyl groups excluding tert-OH is 1. The quantitative estimate of drug-likeness (QED) is 0.777. The van der Waals surface area contributed by atoms with Crippen LogP contribution in [0.15, 0.2) is 18.2 Å². The second-order valence-corrected chi connectivity index (χ2v) is 6.03. The number of aliphatic hydroxyl groups is 1. The summed E-state index contributed by atoms with van der Waals surface area (Å²) in [6.07, 6.45) is 2.60. The van der Waals surface area contributed by atoms with Gasteiger partial charge < -0.3 is 15.6 Å². The van der Waals surface area contributed by atoms with E-state index in [4.69, 9.17) is 15.6 Å². The van der Waals surface area contributed by atoms with Crippen LogP contribution in [0.3, 0.4) is 0 Å². The highest BCUT2D eigenvalue weighted by atomic mass is 16.5. The first-order chi connectivity index (χ1) is 8.90. The molecule has 0 heterocycles. The SMILES string of the molecule is COc1ccc(C(C)(C)C)cc1C(N)CCCCO. The van der Waals surface area contributed by atoms with Crippen molar-refractivity contribution in [2.75, 3.05) is 13.7 Å². The standard InChI is InChI=1S/C16H27NO2/c1-16(2,3)12-8-9-15(19-4)13(11-12)14(17)7-5-6-10-18/h8-9,11,14,18H,5-7,10,17H2,1-4H3. The normalized spacial score (nSPS) is 13.4. The second-order valence-electron chi connectivity index (χ2n) is 6.03. The molecule has 0 spiro atoms. The Balaban J connectivity index is 2.95. The number of ether oxygens (including phenoxy) is 1. The van der Waals surface area contributed by atoms with Gasteiger partial charge in [-0.2, -0.15) is 0 Å². The van der Waals surface area contributed by atoms with Crippen molar-refractivity contribution in [2.24, 2.45) is 5.73 Å². The summed E-state index contributed by atoms with van der Waals surface area (Å²) in [5, 5.41) is 8.84. The van der Waals surface area contributed by atoms with E-state index in [2.05, 4.69) is 32.9 Å². The lowest BCUT2D eigenvalue weighted by Gasteiger charge is -2.23. The summed E-state index contributed by atoms with van der Waals surface area (Å²) in [5.74, 6) is 0.851. The molecule has 0 aromatic heterocycles. The third-order valence-corrected chi connectivity index (χ3v) is 3.42. The Bertz CT molecular complexity index is 396. The molecule has 1 aromatic rings. The van der Waals surface area contributed by atoms with E-state index in [0.29, 0.717) is 0 Å². The van der Waals surface area contributed by atoms with E-state index >= 15 is 0 Å². The van der Waals surface area contributed by atoms with Crippen molar-refractivity contribution in [3.8, 4) is 5.75 Å². The van der Waals surface area contributed by atoms with Crippen LogP contribution in [0.5, 0.6) is 5.75 Å². The van der Waals surface area contributed by atoms with Crippen molar-refractivity contribution in [1.29, 1.82) is 0 Å². The largest absolute Gasteiger partial charge is 0.496 e. The smallest absolute Gasteiger partial charge is 0.123 e. The molecular weight excluding hydrogens is 238 g/mol. The number of rotatable bonds is 6. The average Bonchev–Trinajstić information content (AvgIpc) is 2.37. The van der Waals surface area contributed by atoms with Gasteiger partial charge in [-0.3, -0.25) is 0 Å². The van der Waals surface area contributed by atoms with Gasteiger partial charge in [0.1, 0.15) is 5.75 Å². The number of nitrogens with two attached hydrogens (primary N) is 1. The molecule has 3 N–H and O–H groups in total. The van der Waals surface area contributed by atoms with Crippen molar-refractivity contribution >= 4 is 0 Å². The van der Waals surface area contributed by atoms with Crippen molar-refractivity contribution < 1.29 is 9.84 Å². The summed E-state index contributed by atoms with van der Waals surface area (Å²) < 4.78 is 5.41. The van der Waals surface area contributed by atoms with Gasteiger partial charge >= 0.3 is 0 Å². The lowest BCUT2D eigenvalue weighted by molar-refractivity contribution is 0.281. The molecule has 1 rings (SSSR count). The van der Waals surface area contributed by atoms with Gasteiger partial charge in [0.2, 0.25) is 0 Å². The molecule has 3 nitrogen and oxygen atoms in total. The minimum Gasteiger partial charge on any atom is -0.496 e. The molecule has 0 fully saturated rings. The number of methoxy groups -OCH3 is 1. The summed E-state index contributed by atoms with van der Waals surface area (Å²) in [6.45, 7) is 6.80. The van der Waals surface area contributed by atoms with E-state index in [9.17, 15) is 0 Å². The monoisotopic (exact) mass is 265 g/mol. The Morgan fingerprint density at radius 1 is 1.26 bits per heavy atom. The zero-order valence-electron chi connectivity index (χ0n) is 12.6. The van der Waals surface area contributed by atoms with Crippen LogP contribution in [0.4, 0.5) is 0 Å².